The zero-order chi connectivity index (χ0) is 16.2. The largest absolute Gasteiger partial charge is 0.353 e. The average Bonchev–Trinajstić information content (AvgIpc) is 2.92. The van der Waals surface area contributed by atoms with Gasteiger partial charge >= 0.3 is 0 Å². The fourth-order valence-corrected chi connectivity index (χ4v) is 3.46. The zero-order valence-corrected chi connectivity index (χ0v) is 14.3. The Morgan fingerprint density at radius 3 is 2.78 bits per heavy atom. The molecule has 1 aliphatic rings. The first-order valence-corrected chi connectivity index (χ1v) is 8.78. The van der Waals surface area contributed by atoms with E-state index < -0.39 is 0 Å². The summed E-state index contributed by atoms with van der Waals surface area (Å²) in [5.41, 5.74) is 0.914. The molecule has 0 unspecified atom stereocenters. The lowest BCUT2D eigenvalue weighted by atomic mass is 10.3. The second-order valence-corrected chi connectivity index (χ2v) is 6.75. The van der Waals surface area contributed by atoms with Gasteiger partial charge in [0.1, 0.15) is 4.88 Å². The predicted octanol–water partition coefficient (Wildman–Crippen LogP) is 2.16. The molecule has 1 aliphatic heterocycles. The minimum atomic E-state index is 0.0963. The molecule has 2 aromatic heterocycles. The van der Waals surface area contributed by atoms with Crippen LogP contribution in [0, 0.1) is 6.92 Å². The lowest BCUT2D eigenvalue weighted by molar-refractivity contribution is 0.0771. The van der Waals surface area contributed by atoms with Gasteiger partial charge in [-0.2, -0.15) is 5.10 Å². The van der Waals surface area contributed by atoms with Crippen molar-refractivity contribution in [3.63, 3.8) is 0 Å². The van der Waals surface area contributed by atoms with E-state index in [9.17, 15) is 4.79 Å². The normalized spacial score (nSPS) is 15.6. The third-order valence-corrected chi connectivity index (χ3v) is 5.09. The molecule has 7 heteroatoms. The molecule has 0 N–H and O–H groups in total. The van der Waals surface area contributed by atoms with Crippen LogP contribution in [0.15, 0.2) is 18.3 Å². The third kappa shape index (κ3) is 3.67. The maximum Gasteiger partial charge on any atom is 0.265 e. The Labute approximate surface area is 140 Å². The van der Waals surface area contributed by atoms with E-state index in [0.717, 1.165) is 53.9 Å². The second-order valence-electron chi connectivity index (χ2n) is 5.64. The highest BCUT2D eigenvalue weighted by molar-refractivity contribution is 7.13. The zero-order valence-electron chi connectivity index (χ0n) is 13.5. The minimum absolute atomic E-state index is 0.0963. The molecular formula is C16H21N5OS. The molecule has 0 radical (unpaired) electrons. The topological polar surface area (TPSA) is 62.2 Å². The first-order chi connectivity index (χ1) is 11.2. The van der Waals surface area contributed by atoms with E-state index in [1.165, 1.54) is 11.3 Å². The molecule has 2 aromatic rings. The number of rotatable bonds is 3. The summed E-state index contributed by atoms with van der Waals surface area (Å²) in [6.07, 6.45) is 3.51. The van der Waals surface area contributed by atoms with Crippen molar-refractivity contribution in [1.29, 1.82) is 0 Å². The Morgan fingerprint density at radius 1 is 1.22 bits per heavy atom. The van der Waals surface area contributed by atoms with Crippen LogP contribution in [0.2, 0.25) is 0 Å². The van der Waals surface area contributed by atoms with Gasteiger partial charge < -0.3 is 9.80 Å². The molecule has 1 saturated heterocycles. The van der Waals surface area contributed by atoms with Crippen LogP contribution in [0.1, 0.15) is 33.7 Å². The fourth-order valence-electron chi connectivity index (χ4n) is 2.64. The van der Waals surface area contributed by atoms with Crippen LogP contribution in [-0.4, -0.2) is 52.2 Å². The van der Waals surface area contributed by atoms with Crippen LogP contribution in [0.25, 0.3) is 0 Å². The van der Waals surface area contributed by atoms with Crippen molar-refractivity contribution in [1.82, 2.24) is 20.1 Å². The standard InChI is InChI=1S/C16H21N5OS/c1-3-15-17-11-13(23-15)16(22)21-8-4-7-20(9-10-21)14-6-5-12(2)18-19-14/h5-6,11H,3-4,7-10H2,1-2H3. The lowest BCUT2D eigenvalue weighted by Gasteiger charge is -2.22. The van der Waals surface area contributed by atoms with Crippen molar-refractivity contribution in [3.8, 4) is 0 Å². The average molecular weight is 331 g/mol. The van der Waals surface area contributed by atoms with Gasteiger partial charge in [0.25, 0.3) is 5.91 Å². The highest BCUT2D eigenvalue weighted by Gasteiger charge is 2.22. The first-order valence-electron chi connectivity index (χ1n) is 7.96. The maximum atomic E-state index is 12.6. The second kappa shape index (κ2) is 7.04. The molecule has 23 heavy (non-hydrogen) atoms. The van der Waals surface area contributed by atoms with Crippen LogP contribution in [0.5, 0.6) is 0 Å². The summed E-state index contributed by atoms with van der Waals surface area (Å²) >= 11 is 1.50. The summed E-state index contributed by atoms with van der Waals surface area (Å²) in [5.74, 6) is 0.981. The highest BCUT2D eigenvalue weighted by atomic mass is 32.1. The summed E-state index contributed by atoms with van der Waals surface area (Å²) in [6.45, 7) is 7.13. The smallest absolute Gasteiger partial charge is 0.265 e. The monoisotopic (exact) mass is 331 g/mol. The van der Waals surface area contributed by atoms with E-state index in [4.69, 9.17) is 0 Å². The summed E-state index contributed by atoms with van der Waals surface area (Å²) in [7, 11) is 0. The van der Waals surface area contributed by atoms with Crippen LogP contribution in [0.3, 0.4) is 0 Å². The third-order valence-electron chi connectivity index (χ3n) is 3.96. The molecule has 6 nitrogen and oxygen atoms in total. The van der Waals surface area contributed by atoms with Gasteiger partial charge in [0.2, 0.25) is 0 Å². The van der Waals surface area contributed by atoms with Gasteiger partial charge in [-0.25, -0.2) is 4.98 Å². The van der Waals surface area contributed by atoms with Crippen molar-refractivity contribution >= 4 is 23.1 Å². The van der Waals surface area contributed by atoms with E-state index in [-0.39, 0.29) is 5.91 Å². The molecule has 0 spiro atoms. The number of hydrogen-bond acceptors (Lipinski definition) is 6. The number of thiazole rings is 1. The number of hydrogen-bond donors (Lipinski definition) is 0. The number of aromatic nitrogens is 3. The summed E-state index contributed by atoms with van der Waals surface area (Å²) in [6, 6.07) is 3.97. The van der Waals surface area contributed by atoms with E-state index in [1.54, 1.807) is 6.20 Å². The molecule has 0 bridgehead atoms. The summed E-state index contributed by atoms with van der Waals surface area (Å²) < 4.78 is 0. The Hall–Kier alpha value is -2.02. The van der Waals surface area contributed by atoms with Crippen LogP contribution < -0.4 is 4.90 Å². The van der Waals surface area contributed by atoms with Gasteiger partial charge in [-0.1, -0.05) is 6.92 Å². The maximum absolute atomic E-state index is 12.6. The van der Waals surface area contributed by atoms with Gasteiger partial charge in [-0.3, -0.25) is 4.79 Å². The lowest BCUT2D eigenvalue weighted by Crippen LogP contribution is -2.35. The van der Waals surface area contributed by atoms with E-state index in [2.05, 4.69) is 27.0 Å². The first kappa shape index (κ1) is 15.9. The molecule has 3 rings (SSSR count). The number of nitrogens with zero attached hydrogens (tertiary/aromatic N) is 5. The highest BCUT2D eigenvalue weighted by Crippen LogP contribution is 2.18. The molecule has 122 valence electrons. The molecule has 1 amide bonds. The Morgan fingerprint density at radius 2 is 2.09 bits per heavy atom. The van der Waals surface area contributed by atoms with Gasteiger partial charge in [0, 0.05) is 26.2 Å². The van der Waals surface area contributed by atoms with E-state index in [0.29, 0.717) is 6.54 Å². The van der Waals surface area contributed by atoms with Crippen molar-refractivity contribution in [2.24, 2.45) is 0 Å². The molecule has 1 fully saturated rings. The molecular weight excluding hydrogens is 310 g/mol. The Kier molecular flexibility index (Phi) is 4.85. The number of amides is 1. The summed E-state index contributed by atoms with van der Waals surface area (Å²) in [5, 5.41) is 9.38. The molecule has 0 atom stereocenters. The number of carbonyl (C=O) groups excluding carboxylic acids is 1. The number of anilines is 1. The van der Waals surface area contributed by atoms with Crippen molar-refractivity contribution < 1.29 is 4.79 Å². The molecule has 3 heterocycles. The van der Waals surface area contributed by atoms with Crippen molar-refractivity contribution in [2.45, 2.75) is 26.7 Å². The summed E-state index contributed by atoms with van der Waals surface area (Å²) in [4.78, 5) is 21.8. The van der Waals surface area contributed by atoms with E-state index in [1.807, 2.05) is 24.0 Å². The fraction of sp³-hybridized carbons (Fsp3) is 0.500. The Bertz CT molecular complexity index is 669. The number of carbonyl (C=O) groups is 1. The molecule has 0 aromatic carbocycles. The Balaban J connectivity index is 1.66. The quantitative estimate of drug-likeness (QED) is 0.862. The van der Waals surface area contributed by atoms with Crippen LogP contribution in [0.4, 0.5) is 5.82 Å². The molecule has 0 aliphatic carbocycles. The van der Waals surface area contributed by atoms with Crippen molar-refractivity contribution in [2.75, 3.05) is 31.1 Å². The molecule has 0 saturated carbocycles. The van der Waals surface area contributed by atoms with E-state index >= 15 is 0 Å². The minimum Gasteiger partial charge on any atom is -0.353 e. The van der Waals surface area contributed by atoms with Crippen molar-refractivity contribution in [3.05, 3.63) is 33.9 Å². The SMILES string of the molecule is CCc1ncc(C(=O)N2CCCN(c3ccc(C)nn3)CC2)s1. The van der Waals surface area contributed by atoms with Gasteiger partial charge in [0.05, 0.1) is 16.9 Å². The van der Waals surface area contributed by atoms with Gasteiger partial charge in [-0.15, -0.1) is 16.4 Å². The van der Waals surface area contributed by atoms with Gasteiger partial charge in [0.15, 0.2) is 5.82 Å². The predicted molar refractivity (Wildman–Crippen MR) is 91.0 cm³/mol. The van der Waals surface area contributed by atoms with Crippen LogP contribution in [-0.2, 0) is 6.42 Å². The number of aryl methyl sites for hydroxylation is 2. The van der Waals surface area contributed by atoms with Gasteiger partial charge in [-0.05, 0) is 31.9 Å². The van der Waals surface area contributed by atoms with Crippen LogP contribution >= 0.6 is 11.3 Å².